The second-order valence-corrected chi connectivity index (χ2v) is 11.2. The molecule has 2 aromatic carbocycles. The number of nitrogens with one attached hydrogen (secondary N) is 3. The molecule has 10 nitrogen and oxygen atoms in total. The molecule has 1 spiro atoms. The molecule has 3 heterocycles. The molecule has 2 aliphatic heterocycles. The first-order chi connectivity index (χ1) is 19.2. The summed E-state index contributed by atoms with van der Waals surface area (Å²) in [7, 11) is 0. The van der Waals surface area contributed by atoms with Crippen molar-refractivity contribution >= 4 is 34.9 Å². The van der Waals surface area contributed by atoms with Crippen LogP contribution in [0.15, 0.2) is 53.9 Å². The molecule has 1 unspecified atom stereocenters. The smallest absolute Gasteiger partial charge is 0.251 e. The third kappa shape index (κ3) is 4.66. The van der Waals surface area contributed by atoms with Crippen molar-refractivity contribution in [1.29, 1.82) is 5.41 Å². The second kappa shape index (κ2) is 10.2. The minimum absolute atomic E-state index is 0.0396. The molecule has 3 aliphatic rings. The second-order valence-electron chi connectivity index (χ2n) is 10.2. The van der Waals surface area contributed by atoms with E-state index in [1.54, 1.807) is 17.5 Å². The Morgan fingerprint density at radius 3 is 2.48 bits per heavy atom. The van der Waals surface area contributed by atoms with Crippen molar-refractivity contribution in [1.82, 2.24) is 15.5 Å². The van der Waals surface area contributed by atoms with Crippen LogP contribution < -0.4 is 16.4 Å². The molecule has 6 rings (SSSR count). The first-order valence-electron chi connectivity index (χ1n) is 13.1. The van der Waals surface area contributed by atoms with Gasteiger partial charge in [-0.25, -0.2) is 0 Å². The topological polar surface area (TPSA) is 147 Å². The zero-order valence-electron chi connectivity index (χ0n) is 21.9. The van der Waals surface area contributed by atoms with Gasteiger partial charge in [-0.3, -0.25) is 19.8 Å². The number of rotatable bonds is 7. The molecule has 3 amide bonds. The third-order valence-electron chi connectivity index (χ3n) is 7.63. The van der Waals surface area contributed by atoms with E-state index in [9.17, 15) is 14.4 Å². The average molecular weight is 560 g/mol. The third-order valence-corrected chi connectivity index (χ3v) is 8.75. The molecule has 2 atom stereocenters. The molecule has 40 heavy (non-hydrogen) atoms. The SMILES string of the molecule is C[C@@H](NC(=O)C1CC2(CN1C(=O)CNC(=O)c1ccc3c(c1)=c1ccccc1=3)OCCO2)c1cc(C(=N)N)cs1. The van der Waals surface area contributed by atoms with Crippen molar-refractivity contribution in [3.8, 4) is 0 Å². The van der Waals surface area contributed by atoms with E-state index in [0.29, 0.717) is 24.3 Å². The van der Waals surface area contributed by atoms with E-state index in [0.717, 1.165) is 25.8 Å². The number of nitrogen functional groups attached to an aromatic ring is 1. The molecule has 3 aromatic rings. The van der Waals surface area contributed by atoms with Gasteiger partial charge in [-0.15, -0.1) is 11.3 Å². The van der Waals surface area contributed by atoms with Crippen LogP contribution in [0, 0.1) is 26.3 Å². The maximum atomic E-state index is 13.4. The Morgan fingerprint density at radius 1 is 1.07 bits per heavy atom. The number of ether oxygens (including phenoxy) is 2. The Hall–Kier alpha value is -4.06. The first kappa shape index (κ1) is 26.2. The van der Waals surface area contributed by atoms with Crippen LogP contribution in [0.3, 0.4) is 0 Å². The van der Waals surface area contributed by atoms with Gasteiger partial charge in [0, 0.05) is 27.8 Å². The Balaban J connectivity index is 1.14. The number of fused-ring (bicyclic) bond motifs is 2. The van der Waals surface area contributed by atoms with Crippen LogP contribution in [0.1, 0.15) is 40.2 Å². The maximum Gasteiger partial charge on any atom is 0.251 e. The lowest BCUT2D eigenvalue weighted by Gasteiger charge is -2.25. The fourth-order valence-electron chi connectivity index (χ4n) is 5.54. The fourth-order valence-corrected chi connectivity index (χ4v) is 6.45. The molecule has 5 N–H and O–H groups in total. The summed E-state index contributed by atoms with van der Waals surface area (Å²) in [5.74, 6) is -2.19. The van der Waals surface area contributed by atoms with Gasteiger partial charge in [0.05, 0.1) is 32.3 Å². The average Bonchev–Trinajstić information content (AvgIpc) is 3.70. The van der Waals surface area contributed by atoms with Crippen molar-refractivity contribution in [2.24, 2.45) is 5.73 Å². The van der Waals surface area contributed by atoms with Crippen LogP contribution in [-0.2, 0) is 19.1 Å². The van der Waals surface area contributed by atoms with Crippen molar-refractivity contribution in [2.75, 3.05) is 26.3 Å². The summed E-state index contributed by atoms with van der Waals surface area (Å²) in [5, 5.41) is 19.4. The quantitative estimate of drug-likeness (QED) is 0.201. The van der Waals surface area contributed by atoms with E-state index >= 15 is 0 Å². The summed E-state index contributed by atoms with van der Waals surface area (Å²) in [4.78, 5) is 42.0. The molecule has 206 valence electrons. The minimum atomic E-state index is -1.04. The number of benzene rings is 2. The van der Waals surface area contributed by atoms with Crippen LogP contribution in [0.4, 0.5) is 0 Å². The van der Waals surface area contributed by atoms with Crippen molar-refractivity contribution in [3.63, 3.8) is 0 Å². The lowest BCUT2D eigenvalue weighted by atomic mass is 9.99. The molecular formula is C29H29N5O5S. The summed E-state index contributed by atoms with van der Waals surface area (Å²) >= 11 is 1.39. The predicted octanol–water partition coefficient (Wildman–Crippen LogP) is 1.87. The molecule has 1 aliphatic carbocycles. The largest absolute Gasteiger partial charge is 0.384 e. The highest BCUT2D eigenvalue weighted by molar-refractivity contribution is 7.10. The molecule has 0 bridgehead atoms. The molecular weight excluding hydrogens is 530 g/mol. The molecule has 0 saturated carbocycles. The molecule has 0 radical (unpaired) electrons. The Labute approximate surface area is 233 Å². The molecule has 11 heteroatoms. The monoisotopic (exact) mass is 559 g/mol. The lowest BCUT2D eigenvalue weighted by Crippen LogP contribution is -2.49. The predicted molar refractivity (Wildman–Crippen MR) is 147 cm³/mol. The highest BCUT2D eigenvalue weighted by atomic mass is 32.1. The number of likely N-dealkylation sites (tertiary alicyclic amines) is 1. The van der Waals surface area contributed by atoms with E-state index in [4.69, 9.17) is 20.6 Å². The molecule has 2 saturated heterocycles. The Bertz CT molecular complexity index is 1730. The van der Waals surface area contributed by atoms with Gasteiger partial charge in [-0.2, -0.15) is 0 Å². The van der Waals surface area contributed by atoms with Crippen LogP contribution >= 0.6 is 11.3 Å². The van der Waals surface area contributed by atoms with Gasteiger partial charge in [-0.1, -0.05) is 30.3 Å². The number of nitrogens with zero attached hydrogens (tertiary/aromatic N) is 1. The van der Waals surface area contributed by atoms with E-state index in [1.807, 2.05) is 43.3 Å². The number of amidine groups is 1. The number of nitrogens with two attached hydrogens (primary N) is 1. The van der Waals surface area contributed by atoms with E-state index in [1.165, 1.54) is 16.2 Å². The normalized spacial score (nSPS) is 18.9. The van der Waals surface area contributed by atoms with Crippen LogP contribution in [-0.4, -0.2) is 66.6 Å². The van der Waals surface area contributed by atoms with Gasteiger partial charge in [-0.05, 0) is 46.0 Å². The summed E-state index contributed by atoms with van der Waals surface area (Å²) < 4.78 is 11.6. The van der Waals surface area contributed by atoms with Gasteiger partial charge >= 0.3 is 0 Å². The number of carbonyl (C=O) groups is 3. The van der Waals surface area contributed by atoms with Crippen molar-refractivity contribution < 1.29 is 23.9 Å². The van der Waals surface area contributed by atoms with Crippen LogP contribution in [0.5, 0.6) is 0 Å². The first-order valence-corrected chi connectivity index (χ1v) is 14.0. The number of carbonyl (C=O) groups excluding carboxylic acids is 3. The van der Waals surface area contributed by atoms with Gasteiger partial charge in [0.2, 0.25) is 11.8 Å². The fraction of sp³-hybridized carbons (Fsp3) is 0.310. The highest BCUT2D eigenvalue weighted by Crippen LogP contribution is 2.35. The van der Waals surface area contributed by atoms with Crippen LogP contribution in [0.2, 0.25) is 0 Å². The van der Waals surface area contributed by atoms with Gasteiger partial charge < -0.3 is 30.7 Å². The van der Waals surface area contributed by atoms with E-state index in [-0.39, 0.29) is 43.2 Å². The summed E-state index contributed by atoms with van der Waals surface area (Å²) in [6, 6.07) is 14.1. The number of hydrogen-bond acceptors (Lipinski definition) is 7. The van der Waals surface area contributed by atoms with Crippen LogP contribution in [0.25, 0.3) is 0 Å². The van der Waals surface area contributed by atoms with E-state index < -0.39 is 17.7 Å². The number of thiophene rings is 1. The highest BCUT2D eigenvalue weighted by Gasteiger charge is 2.52. The summed E-state index contributed by atoms with van der Waals surface area (Å²) in [6.45, 7) is 2.42. The van der Waals surface area contributed by atoms with E-state index in [2.05, 4.69) is 10.6 Å². The van der Waals surface area contributed by atoms with Crippen molar-refractivity contribution in [3.05, 3.63) is 90.8 Å². The zero-order valence-corrected chi connectivity index (χ0v) is 22.7. The Kier molecular flexibility index (Phi) is 6.65. The van der Waals surface area contributed by atoms with Gasteiger partial charge in [0.1, 0.15) is 11.9 Å². The lowest BCUT2D eigenvalue weighted by molar-refractivity contribution is -0.152. The summed E-state index contributed by atoms with van der Waals surface area (Å²) in [5.41, 5.74) is 6.63. The van der Waals surface area contributed by atoms with Crippen molar-refractivity contribution in [2.45, 2.75) is 31.2 Å². The zero-order chi connectivity index (χ0) is 28.0. The Morgan fingerprint density at radius 2 is 1.77 bits per heavy atom. The molecule has 1 aromatic heterocycles. The number of hydrogen-bond donors (Lipinski definition) is 4. The maximum absolute atomic E-state index is 13.4. The molecule has 2 fully saturated rings. The van der Waals surface area contributed by atoms with Gasteiger partial charge in [0.15, 0.2) is 5.79 Å². The minimum Gasteiger partial charge on any atom is -0.384 e. The number of amides is 3. The standard InChI is InChI=1S/C29H29N5O5S/c1-16(24-11-18(14-40-24)26(30)31)33-28(37)23-12-29(38-8-9-39-29)15-34(23)25(35)13-32-27(36)17-6-7-21-19-4-2-3-5-20(19)22(21)10-17/h2-7,10-11,14,16,23H,8-9,12-13,15H2,1H3,(H3,30,31)(H,32,36)(H,33,37)/t16-,23?/m1/s1. The summed E-state index contributed by atoms with van der Waals surface area (Å²) in [6.07, 6.45) is 0.193. The van der Waals surface area contributed by atoms with Gasteiger partial charge in [0.25, 0.3) is 5.91 Å².